The van der Waals surface area contributed by atoms with E-state index in [0.717, 1.165) is 12.0 Å². The van der Waals surface area contributed by atoms with E-state index in [1.165, 1.54) is 16.7 Å². The van der Waals surface area contributed by atoms with E-state index < -0.39 is 0 Å². The summed E-state index contributed by atoms with van der Waals surface area (Å²) in [6.45, 7) is 14.0. The molecule has 1 nitrogen and oxygen atoms in total. The molecule has 0 bridgehead atoms. The summed E-state index contributed by atoms with van der Waals surface area (Å²) in [5.41, 5.74) is 4.47. The summed E-state index contributed by atoms with van der Waals surface area (Å²) < 4.78 is 0. The predicted molar refractivity (Wildman–Crippen MR) is 106 cm³/mol. The van der Waals surface area contributed by atoms with E-state index in [4.69, 9.17) is 0 Å². The van der Waals surface area contributed by atoms with Gasteiger partial charge in [0.25, 0.3) is 0 Å². The van der Waals surface area contributed by atoms with Crippen LogP contribution in [0.25, 0.3) is 0 Å². The molecule has 1 aliphatic rings. The first-order valence-corrected chi connectivity index (χ1v) is 8.51. The Morgan fingerprint density at radius 2 is 1.62 bits per heavy atom. The average molecular weight is 322 g/mol. The number of hydrogen-bond acceptors (Lipinski definition) is 1. The van der Waals surface area contributed by atoms with E-state index in [9.17, 15) is 4.79 Å². The molecule has 0 aromatic carbocycles. The van der Waals surface area contributed by atoms with Crippen LogP contribution in [-0.4, -0.2) is 5.78 Å². The molecule has 0 atom stereocenters. The predicted octanol–water partition coefficient (Wildman–Crippen LogP) is 6.44. The lowest BCUT2D eigenvalue weighted by molar-refractivity contribution is -0.125. The van der Waals surface area contributed by atoms with Crippen molar-refractivity contribution in [1.29, 1.82) is 0 Å². The number of ketones is 1. The molecule has 0 radical (unpaired) electrons. The SMILES string of the molecule is C=C/C=C/C=C(C)/C=C/C=C(C)/C=C/C1=C(C)CCC(=O)C1(C)C. The zero-order chi connectivity index (χ0) is 18.2. The van der Waals surface area contributed by atoms with Crippen LogP contribution in [0.2, 0.25) is 0 Å². The number of carbonyl (C=O) groups excluding carboxylic acids is 1. The quantitative estimate of drug-likeness (QED) is 0.514. The Kier molecular flexibility index (Phi) is 7.64. The van der Waals surface area contributed by atoms with Crippen molar-refractivity contribution >= 4 is 5.78 Å². The summed E-state index contributed by atoms with van der Waals surface area (Å²) in [5.74, 6) is 0.336. The number of carbonyl (C=O) groups is 1. The highest BCUT2D eigenvalue weighted by atomic mass is 16.1. The van der Waals surface area contributed by atoms with Gasteiger partial charge in [-0.2, -0.15) is 0 Å². The maximum atomic E-state index is 12.2. The Labute approximate surface area is 147 Å². The molecule has 0 fully saturated rings. The minimum Gasteiger partial charge on any atom is -0.299 e. The fraction of sp³-hybridized carbons (Fsp3) is 0.348. The molecule has 0 N–H and O–H groups in total. The minimum atomic E-state index is -0.369. The van der Waals surface area contributed by atoms with Crippen LogP contribution in [0.15, 0.2) is 83.6 Å². The van der Waals surface area contributed by atoms with Crippen LogP contribution in [-0.2, 0) is 4.79 Å². The van der Waals surface area contributed by atoms with Crippen LogP contribution in [0.1, 0.15) is 47.5 Å². The van der Waals surface area contributed by atoms with Gasteiger partial charge in [-0.25, -0.2) is 0 Å². The summed E-state index contributed by atoms with van der Waals surface area (Å²) in [6.07, 6.45) is 19.6. The maximum absolute atomic E-state index is 12.2. The molecule has 0 heterocycles. The summed E-state index contributed by atoms with van der Waals surface area (Å²) >= 11 is 0. The second kappa shape index (κ2) is 9.22. The smallest absolute Gasteiger partial charge is 0.143 e. The van der Waals surface area contributed by atoms with Crippen LogP contribution in [0.3, 0.4) is 0 Å². The fourth-order valence-electron chi connectivity index (χ4n) is 2.75. The Bertz CT molecular complexity index is 658. The van der Waals surface area contributed by atoms with Gasteiger partial charge in [-0.05, 0) is 46.6 Å². The largest absolute Gasteiger partial charge is 0.299 e. The van der Waals surface area contributed by atoms with Crippen molar-refractivity contribution in [3.63, 3.8) is 0 Å². The Balaban J connectivity index is 2.83. The average Bonchev–Trinajstić information content (AvgIpc) is 2.51. The molecular weight excluding hydrogens is 292 g/mol. The first-order valence-electron chi connectivity index (χ1n) is 8.51. The Hall–Kier alpha value is -2.15. The second-order valence-corrected chi connectivity index (χ2v) is 6.88. The van der Waals surface area contributed by atoms with Gasteiger partial charge in [0.1, 0.15) is 5.78 Å². The maximum Gasteiger partial charge on any atom is 0.143 e. The van der Waals surface area contributed by atoms with Crippen molar-refractivity contribution in [2.45, 2.75) is 47.5 Å². The molecule has 0 aromatic rings. The van der Waals surface area contributed by atoms with E-state index in [1.54, 1.807) is 6.08 Å². The van der Waals surface area contributed by atoms with Crippen molar-refractivity contribution < 1.29 is 4.79 Å². The third-order valence-corrected chi connectivity index (χ3v) is 4.39. The molecule has 0 aliphatic heterocycles. The highest BCUT2D eigenvalue weighted by Gasteiger charge is 2.34. The number of hydrogen-bond donors (Lipinski definition) is 0. The number of allylic oxidation sites excluding steroid dienone is 13. The molecule has 0 spiro atoms. The lowest BCUT2D eigenvalue weighted by atomic mass is 9.71. The molecule has 1 rings (SSSR count). The Morgan fingerprint density at radius 1 is 1.00 bits per heavy atom. The van der Waals surface area contributed by atoms with Gasteiger partial charge in [0.15, 0.2) is 0 Å². The third-order valence-electron chi connectivity index (χ3n) is 4.39. The van der Waals surface area contributed by atoms with E-state index in [1.807, 2.05) is 38.2 Å². The zero-order valence-electron chi connectivity index (χ0n) is 15.7. The highest BCUT2D eigenvalue weighted by molar-refractivity contribution is 5.89. The van der Waals surface area contributed by atoms with Crippen LogP contribution in [0, 0.1) is 5.41 Å². The van der Waals surface area contributed by atoms with Crippen molar-refractivity contribution in [2.75, 3.05) is 0 Å². The molecule has 0 aromatic heterocycles. The summed E-state index contributed by atoms with van der Waals surface area (Å²) in [4.78, 5) is 12.2. The third kappa shape index (κ3) is 5.81. The van der Waals surface area contributed by atoms with Crippen molar-refractivity contribution in [3.05, 3.63) is 83.6 Å². The van der Waals surface area contributed by atoms with E-state index in [0.29, 0.717) is 12.2 Å². The van der Waals surface area contributed by atoms with Crippen LogP contribution in [0.4, 0.5) is 0 Å². The van der Waals surface area contributed by atoms with E-state index in [-0.39, 0.29) is 5.41 Å². The molecule has 0 saturated heterocycles. The molecule has 128 valence electrons. The first-order chi connectivity index (χ1) is 11.3. The van der Waals surface area contributed by atoms with Gasteiger partial charge >= 0.3 is 0 Å². The Morgan fingerprint density at radius 3 is 2.29 bits per heavy atom. The molecule has 0 unspecified atom stereocenters. The molecule has 0 saturated carbocycles. The normalized spacial score (nSPS) is 20.0. The van der Waals surface area contributed by atoms with Gasteiger partial charge in [0.2, 0.25) is 0 Å². The van der Waals surface area contributed by atoms with Gasteiger partial charge < -0.3 is 0 Å². The first kappa shape index (κ1) is 19.9. The van der Waals surface area contributed by atoms with Crippen molar-refractivity contribution in [1.82, 2.24) is 0 Å². The fourth-order valence-corrected chi connectivity index (χ4v) is 2.75. The summed E-state index contributed by atoms with van der Waals surface area (Å²) in [5, 5.41) is 0. The van der Waals surface area contributed by atoms with E-state index in [2.05, 4.69) is 51.7 Å². The standard InChI is InChI=1S/C23H30O/c1-7-8-9-11-18(2)12-10-13-19(3)14-16-21-20(4)15-17-22(24)23(21,5)6/h7-14,16H,1,15,17H2,2-6H3/b9-8+,12-10+,16-14+,18-11+,19-13+. The molecule has 0 amide bonds. The highest BCUT2D eigenvalue weighted by Crippen LogP contribution is 2.38. The van der Waals surface area contributed by atoms with Crippen LogP contribution in [0.5, 0.6) is 0 Å². The minimum absolute atomic E-state index is 0.336. The van der Waals surface area contributed by atoms with Crippen molar-refractivity contribution in [2.24, 2.45) is 5.41 Å². The monoisotopic (exact) mass is 322 g/mol. The zero-order valence-corrected chi connectivity index (χ0v) is 15.7. The van der Waals surface area contributed by atoms with Gasteiger partial charge in [-0.1, -0.05) is 78.0 Å². The number of rotatable bonds is 6. The second-order valence-electron chi connectivity index (χ2n) is 6.88. The lowest BCUT2D eigenvalue weighted by Crippen LogP contribution is -2.30. The summed E-state index contributed by atoms with van der Waals surface area (Å²) in [7, 11) is 0. The van der Waals surface area contributed by atoms with Gasteiger partial charge in [0, 0.05) is 11.8 Å². The van der Waals surface area contributed by atoms with Gasteiger partial charge in [-0.3, -0.25) is 4.79 Å². The molecule has 1 heteroatoms. The summed E-state index contributed by atoms with van der Waals surface area (Å²) in [6, 6.07) is 0. The van der Waals surface area contributed by atoms with Crippen LogP contribution >= 0.6 is 0 Å². The molecule has 24 heavy (non-hydrogen) atoms. The lowest BCUT2D eigenvalue weighted by Gasteiger charge is -2.31. The van der Waals surface area contributed by atoms with Crippen molar-refractivity contribution in [3.8, 4) is 0 Å². The molecular formula is C23H30O. The molecule has 1 aliphatic carbocycles. The van der Waals surface area contributed by atoms with Gasteiger partial charge in [-0.15, -0.1) is 0 Å². The van der Waals surface area contributed by atoms with E-state index >= 15 is 0 Å². The number of Topliss-reactive ketones (excluding diaryl/α,β-unsaturated/α-hetero) is 1. The van der Waals surface area contributed by atoms with Gasteiger partial charge in [0.05, 0.1) is 0 Å². The topological polar surface area (TPSA) is 17.1 Å². The van der Waals surface area contributed by atoms with Crippen LogP contribution < -0.4 is 0 Å².